The molecular formula is C15H18N2O4S. The summed E-state index contributed by atoms with van der Waals surface area (Å²) in [6, 6.07) is 4.42. The van der Waals surface area contributed by atoms with Crippen LogP contribution in [0.3, 0.4) is 0 Å². The van der Waals surface area contributed by atoms with Crippen molar-refractivity contribution in [1.29, 1.82) is 0 Å². The number of hydrogen-bond donors (Lipinski definition) is 2. The lowest BCUT2D eigenvalue weighted by molar-refractivity contribution is -0.136. The lowest BCUT2D eigenvalue weighted by Gasteiger charge is -2.35. The second kappa shape index (κ2) is 6.23. The summed E-state index contributed by atoms with van der Waals surface area (Å²) in [7, 11) is 4.58. The number of ether oxygens (including phenoxy) is 2. The molecule has 22 heavy (non-hydrogen) atoms. The molecule has 6 nitrogen and oxygen atoms in total. The van der Waals surface area contributed by atoms with Gasteiger partial charge in [-0.3, -0.25) is 0 Å². The number of nitrogens with zero attached hydrogens (tertiary/aromatic N) is 1. The number of methoxy groups -OCH3 is 2. The summed E-state index contributed by atoms with van der Waals surface area (Å²) < 4.78 is 10.0. The van der Waals surface area contributed by atoms with E-state index in [0.29, 0.717) is 22.1 Å². The lowest BCUT2D eigenvalue weighted by atomic mass is 9.95. The molecule has 1 heterocycles. The van der Waals surface area contributed by atoms with E-state index in [-0.39, 0.29) is 5.75 Å². The Bertz CT molecular complexity index is 657. The van der Waals surface area contributed by atoms with E-state index in [1.165, 1.54) is 20.3 Å². The monoisotopic (exact) mass is 322 g/mol. The molecule has 1 aliphatic rings. The van der Waals surface area contributed by atoms with Gasteiger partial charge in [-0.1, -0.05) is 6.07 Å². The van der Waals surface area contributed by atoms with Crippen LogP contribution in [0.2, 0.25) is 0 Å². The number of nitrogens with one attached hydrogen (secondary N) is 1. The summed E-state index contributed by atoms with van der Waals surface area (Å²) in [6.45, 7) is 1.81. The van der Waals surface area contributed by atoms with Crippen LogP contribution in [0.1, 0.15) is 18.5 Å². The molecule has 7 heteroatoms. The highest BCUT2D eigenvalue weighted by molar-refractivity contribution is 7.80. The average molecular weight is 322 g/mol. The van der Waals surface area contributed by atoms with Gasteiger partial charge < -0.3 is 24.8 Å². The van der Waals surface area contributed by atoms with E-state index in [4.69, 9.17) is 21.7 Å². The number of thiocarbonyl (C=S) groups is 1. The SMILES string of the molecule is COC(=O)C1=C(C)N(C)C(=S)N[C@H]1c1ccc(O)c(OC)c1. The first kappa shape index (κ1) is 16.1. The molecule has 0 bridgehead atoms. The Morgan fingerprint density at radius 2 is 2.09 bits per heavy atom. The van der Waals surface area contributed by atoms with Crippen LogP contribution in [0.15, 0.2) is 29.5 Å². The summed E-state index contributed by atoms with van der Waals surface area (Å²) in [5, 5.41) is 13.3. The lowest BCUT2D eigenvalue weighted by Crippen LogP contribution is -2.46. The summed E-state index contributed by atoms with van der Waals surface area (Å²) >= 11 is 5.29. The van der Waals surface area contributed by atoms with Crippen molar-refractivity contribution in [3.8, 4) is 11.5 Å². The molecule has 1 aromatic carbocycles. The first-order chi connectivity index (χ1) is 10.4. The predicted octanol–water partition coefficient (Wildman–Crippen LogP) is 1.71. The van der Waals surface area contributed by atoms with Crippen molar-refractivity contribution in [1.82, 2.24) is 10.2 Å². The first-order valence-electron chi connectivity index (χ1n) is 6.61. The van der Waals surface area contributed by atoms with Crippen LogP contribution >= 0.6 is 12.2 Å². The van der Waals surface area contributed by atoms with E-state index in [0.717, 1.165) is 5.56 Å². The third-order valence-corrected chi connectivity index (χ3v) is 4.09. The van der Waals surface area contributed by atoms with Crippen molar-refractivity contribution in [3.05, 3.63) is 35.0 Å². The molecule has 1 aromatic rings. The highest BCUT2D eigenvalue weighted by atomic mass is 32.1. The van der Waals surface area contributed by atoms with Gasteiger partial charge in [0, 0.05) is 12.7 Å². The van der Waals surface area contributed by atoms with Crippen LogP contribution in [0.5, 0.6) is 11.5 Å². The van der Waals surface area contributed by atoms with E-state index in [1.807, 2.05) is 6.92 Å². The molecule has 2 rings (SSSR count). The van der Waals surface area contributed by atoms with Gasteiger partial charge in [0.15, 0.2) is 16.6 Å². The van der Waals surface area contributed by atoms with E-state index in [9.17, 15) is 9.90 Å². The van der Waals surface area contributed by atoms with E-state index >= 15 is 0 Å². The molecule has 1 aliphatic heterocycles. The summed E-state index contributed by atoms with van der Waals surface area (Å²) in [4.78, 5) is 13.9. The number of phenols is 1. The highest BCUT2D eigenvalue weighted by Gasteiger charge is 2.33. The number of carbonyl (C=O) groups excluding carboxylic acids is 1. The largest absolute Gasteiger partial charge is 0.504 e. The van der Waals surface area contributed by atoms with Crippen molar-refractivity contribution in [2.24, 2.45) is 0 Å². The zero-order valence-electron chi connectivity index (χ0n) is 12.8. The first-order valence-corrected chi connectivity index (χ1v) is 7.01. The Morgan fingerprint density at radius 3 is 2.68 bits per heavy atom. The second-order valence-corrected chi connectivity index (χ2v) is 5.25. The second-order valence-electron chi connectivity index (χ2n) is 4.86. The zero-order valence-corrected chi connectivity index (χ0v) is 13.7. The fourth-order valence-electron chi connectivity index (χ4n) is 2.33. The van der Waals surface area contributed by atoms with Crippen molar-refractivity contribution in [2.45, 2.75) is 13.0 Å². The fraction of sp³-hybridized carbons (Fsp3) is 0.333. The number of aromatic hydroxyl groups is 1. The smallest absolute Gasteiger partial charge is 0.337 e. The molecule has 0 fully saturated rings. The maximum absolute atomic E-state index is 12.2. The standard InChI is InChI=1S/C15H18N2O4S/c1-8-12(14(19)21-4)13(16-15(22)17(8)2)9-5-6-10(18)11(7-9)20-3/h5-7,13,18H,1-4H3,(H,16,22)/t13-/m0/s1. The molecule has 0 saturated carbocycles. The molecule has 0 aromatic heterocycles. The molecule has 0 saturated heterocycles. The Kier molecular flexibility index (Phi) is 4.56. The van der Waals surface area contributed by atoms with Gasteiger partial charge in [0.25, 0.3) is 0 Å². The summed E-state index contributed by atoms with van der Waals surface area (Å²) in [5.41, 5.74) is 1.92. The zero-order chi connectivity index (χ0) is 16.4. The number of benzene rings is 1. The summed E-state index contributed by atoms with van der Waals surface area (Å²) in [6.07, 6.45) is 0. The predicted molar refractivity (Wildman–Crippen MR) is 85.6 cm³/mol. The number of phenolic OH excluding ortho intramolecular Hbond substituents is 1. The normalized spacial score (nSPS) is 18.1. The van der Waals surface area contributed by atoms with Crippen LogP contribution in [-0.2, 0) is 9.53 Å². The minimum Gasteiger partial charge on any atom is -0.504 e. The van der Waals surface area contributed by atoms with Gasteiger partial charge >= 0.3 is 5.97 Å². The average Bonchev–Trinajstić information content (AvgIpc) is 2.52. The van der Waals surface area contributed by atoms with Gasteiger partial charge in [0.2, 0.25) is 0 Å². The van der Waals surface area contributed by atoms with Crippen LogP contribution in [0.25, 0.3) is 0 Å². The van der Waals surface area contributed by atoms with Gasteiger partial charge in [-0.15, -0.1) is 0 Å². The number of allylic oxidation sites excluding steroid dienone is 1. The van der Waals surface area contributed by atoms with Gasteiger partial charge in [0.1, 0.15) is 0 Å². The van der Waals surface area contributed by atoms with Gasteiger partial charge in [-0.05, 0) is 36.8 Å². The Balaban J connectivity index is 2.56. The van der Waals surface area contributed by atoms with E-state index in [1.54, 1.807) is 24.1 Å². The van der Waals surface area contributed by atoms with E-state index < -0.39 is 12.0 Å². The summed E-state index contributed by atoms with van der Waals surface area (Å²) in [5.74, 6) is -0.0792. The van der Waals surface area contributed by atoms with Gasteiger partial charge in [-0.2, -0.15) is 0 Å². The minimum atomic E-state index is -0.467. The topological polar surface area (TPSA) is 71.0 Å². The molecule has 1 atom stereocenters. The van der Waals surface area contributed by atoms with Crippen LogP contribution in [0.4, 0.5) is 0 Å². The molecule has 0 radical (unpaired) electrons. The molecule has 0 spiro atoms. The molecular weight excluding hydrogens is 304 g/mol. The highest BCUT2D eigenvalue weighted by Crippen LogP contribution is 2.35. The molecule has 118 valence electrons. The quantitative estimate of drug-likeness (QED) is 0.648. The Hall–Kier alpha value is -2.28. The number of rotatable bonds is 3. The third-order valence-electron chi connectivity index (χ3n) is 3.70. The molecule has 0 amide bonds. The molecule has 2 N–H and O–H groups in total. The number of carbonyl (C=O) groups is 1. The van der Waals surface area contributed by atoms with Crippen LogP contribution in [-0.4, -0.2) is 42.4 Å². The van der Waals surface area contributed by atoms with Crippen LogP contribution < -0.4 is 10.1 Å². The molecule has 0 unspecified atom stereocenters. The number of hydrogen-bond acceptors (Lipinski definition) is 5. The number of esters is 1. The maximum Gasteiger partial charge on any atom is 0.337 e. The van der Waals surface area contributed by atoms with Crippen molar-refractivity contribution >= 4 is 23.3 Å². The van der Waals surface area contributed by atoms with Crippen molar-refractivity contribution < 1.29 is 19.4 Å². The Labute approximate surface area is 134 Å². The Morgan fingerprint density at radius 1 is 1.41 bits per heavy atom. The van der Waals surface area contributed by atoms with E-state index in [2.05, 4.69) is 5.32 Å². The van der Waals surface area contributed by atoms with Crippen molar-refractivity contribution in [3.63, 3.8) is 0 Å². The van der Waals surface area contributed by atoms with Gasteiger partial charge in [0.05, 0.1) is 25.8 Å². The third kappa shape index (κ3) is 2.71. The van der Waals surface area contributed by atoms with Gasteiger partial charge in [-0.25, -0.2) is 4.79 Å². The molecule has 0 aliphatic carbocycles. The maximum atomic E-state index is 12.2. The van der Waals surface area contributed by atoms with Crippen molar-refractivity contribution in [2.75, 3.05) is 21.3 Å². The minimum absolute atomic E-state index is 0.0297. The fourth-order valence-corrected chi connectivity index (χ4v) is 2.59. The van der Waals surface area contributed by atoms with Crippen LogP contribution in [0, 0.1) is 0 Å².